The molecular formula is C29H27BN6O4. The topological polar surface area (TPSA) is 138 Å². The summed E-state index contributed by atoms with van der Waals surface area (Å²) in [5.74, 6) is 1.27. The third-order valence-corrected chi connectivity index (χ3v) is 6.86. The van der Waals surface area contributed by atoms with Crippen LogP contribution >= 0.6 is 0 Å². The summed E-state index contributed by atoms with van der Waals surface area (Å²) in [7, 11) is -0.952. The number of fused-ring (bicyclic) bond motifs is 1. The maximum Gasteiger partial charge on any atom is 0.492 e. The van der Waals surface area contributed by atoms with E-state index in [1.165, 1.54) is 0 Å². The molecule has 4 N–H and O–H groups in total. The standard InChI is InChI=1S/C29H27BN6O4/c1-29(2)22-14-20(8-9-23(22)30(38)40-29)33-26-15-24(34-25(17-37)18-6-4-3-5-7-18)21(16-32-26)28-35-27(36-39-28)19-10-12-31-13-11-19/h3-16,25,37-38H,17H2,1-2H3,(H2,32,33,34)/t25-/m1/s1. The molecular weight excluding hydrogens is 507 g/mol. The molecule has 0 saturated heterocycles. The van der Waals surface area contributed by atoms with Gasteiger partial charge in [0.15, 0.2) is 0 Å². The zero-order chi connectivity index (χ0) is 27.7. The van der Waals surface area contributed by atoms with E-state index in [9.17, 15) is 10.1 Å². The van der Waals surface area contributed by atoms with Gasteiger partial charge in [-0.25, -0.2) is 4.98 Å². The normalized spacial score (nSPS) is 14.6. The predicted molar refractivity (Wildman–Crippen MR) is 152 cm³/mol. The maximum absolute atomic E-state index is 10.2. The summed E-state index contributed by atoms with van der Waals surface area (Å²) in [4.78, 5) is 13.2. The van der Waals surface area contributed by atoms with Crippen LogP contribution in [-0.4, -0.2) is 44.0 Å². The molecule has 5 aromatic rings. The zero-order valence-corrected chi connectivity index (χ0v) is 21.9. The van der Waals surface area contributed by atoms with Gasteiger partial charge in [0.1, 0.15) is 5.82 Å². The lowest BCUT2D eigenvalue weighted by atomic mass is 9.78. The number of rotatable bonds is 8. The highest BCUT2D eigenvalue weighted by Crippen LogP contribution is 2.35. The Morgan fingerprint density at radius 1 is 1.02 bits per heavy atom. The van der Waals surface area contributed by atoms with E-state index < -0.39 is 18.8 Å². The van der Waals surface area contributed by atoms with E-state index in [4.69, 9.17) is 9.18 Å². The van der Waals surface area contributed by atoms with Crippen LogP contribution in [-0.2, 0) is 10.3 Å². The number of pyridine rings is 2. The molecule has 1 atom stereocenters. The van der Waals surface area contributed by atoms with Crippen LogP contribution in [0.4, 0.5) is 17.2 Å². The minimum atomic E-state index is -0.952. The molecule has 0 saturated carbocycles. The molecule has 0 radical (unpaired) electrons. The summed E-state index contributed by atoms with van der Waals surface area (Å²) in [6.45, 7) is 3.71. The highest BCUT2D eigenvalue weighted by atomic mass is 16.5. The number of nitrogens with zero attached hydrogens (tertiary/aromatic N) is 4. The zero-order valence-electron chi connectivity index (χ0n) is 21.9. The number of hydrogen-bond donors (Lipinski definition) is 4. The minimum absolute atomic E-state index is 0.136. The number of benzene rings is 2. The summed E-state index contributed by atoms with van der Waals surface area (Å²) in [6.07, 6.45) is 4.98. The third kappa shape index (κ3) is 5.05. The molecule has 1 aliphatic rings. The molecule has 4 heterocycles. The molecule has 11 heteroatoms. The van der Waals surface area contributed by atoms with Crippen LogP contribution in [0, 0.1) is 0 Å². The number of hydrogen-bond acceptors (Lipinski definition) is 10. The first-order valence-electron chi connectivity index (χ1n) is 12.9. The lowest BCUT2D eigenvalue weighted by Gasteiger charge is -2.21. The summed E-state index contributed by atoms with van der Waals surface area (Å²) < 4.78 is 11.3. The number of nitrogens with one attached hydrogen (secondary N) is 2. The first-order chi connectivity index (χ1) is 19.4. The van der Waals surface area contributed by atoms with Gasteiger partial charge in [0.25, 0.3) is 5.89 Å². The summed E-state index contributed by atoms with van der Waals surface area (Å²) in [6, 6.07) is 20.4. The van der Waals surface area contributed by atoms with Crippen molar-refractivity contribution in [3.63, 3.8) is 0 Å². The van der Waals surface area contributed by atoms with Gasteiger partial charge in [-0.05, 0) is 54.7 Å². The van der Waals surface area contributed by atoms with E-state index in [-0.39, 0.29) is 12.5 Å². The second-order valence-corrected chi connectivity index (χ2v) is 9.97. The van der Waals surface area contributed by atoms with Gasteiger partial charge < -0.3 is 29.9 Å². The van der Waals surface area contributed by atoms with Gasteiger partial charge in [0.2, 0.25) is 5.82 Å². The molecule has 40 heavy (non-hydrogen) atoms. The third-order valence-electron chi connectivity index (χ3n) is 6.86. The summed E-state index contributed by atoms with van der Waals surface area (Å²) in [5, 5.41) is 31.4. The Labute approximate surface area is 231 Å². The van der Waals surface area contributed by atoms with Crippen LogP contribution in [0.25, 0.3) is 22.8 Å². The Bertz CT molecular complexity index is 1630. The molecule has 0 aliphatic carbocycles. The molecule has 200 valence electrons. The Kier molecular flexibility index (Phi) is 6.77. The largest absolute Gasteiger partial charge is 0.492 e. The van der Waals surface area contributed by atoms with E-state index >= 15 is 0 Å². The highest BCUT2D eigenvalue weighted by Gasteiger charge is 2.40. The molecule has 0 unspecified atom stereocenters. The smallest absolute Gasteiger partial charge is 0.423 e. The molecule has 1 aliphatic heterocycles. The average molecular weight is 534 g/mol. The van der Waals surface area contributed by atoms with Crippen molar-refractivity contribution in [1.29, 1.82) is 0 Å². The van der Waals surface area contributed by atoms with E-state index in [1.807, 2.05) is 68.4 Å². The van der Waals surface area contributed by atoms with E-state index in [0.29, 0.717) is 22.9 Å². The fourth-order valence-electron chi connectivity index (χ4n) is 4.80. The molecule has 6 rings (SSSR count). The van der Waals surface area contributed by atoms with Crippen LogP contribution in [0.2, 0.25) is 0 Å². The van der Waals surface area contributed by atoms with Gasteiger partial charge in [-0.1, -0.05) is 41.6 Å². The molecule has 2 aromatic carbocycles. The number of aliphatic hydroxyl groups is 1. The first-order valence-corrected chi connectivity index (χ1v) is 12.9. The van der Waals surface area contributed by atoms with E-state index in [2.05, 4.69) is 30.7 Å². The van der Waals surface area contributed by atoms with E-state index in [0.717, 1.165) is 27.8 Å². The molecule has 10 nitrogen and oxygen atoms in total. The molecule has 0 fully saturated rings. The predicted octanol–water partition coefficient (Wildman–Crippen LogP) is 4.04. The van der Waals surface area contributed by atoms with Crippen molar-refractivity contribution in [3.05, 3.63) is 96.4 Å². The van der Waals surface area contributed by atoms with Gasteiger partial charge in [-0.2, -0.15) is 4.98 Å². The van der Waals surface area contributed by atoms with Gasteiger partial charge in [-0.3, -0.25) is 4.98 Å². The molecule has 0 amide bonds. The fraction of sp³-hybridized carbons (Fsp3) is 0.172. The van der Waals surface area contributed by atoms with Crippen molar-refractivity contribution in [3.8, 4) is 22.8 Å². The van der Waals surface area contributed by atoms with Crippen LogP contribution in [0.1, 0.15) is 31.0 Å². The minimum Gasteiger partial charge on any atom is -0.423 e. The van der Waals surface area contributed by atoms with Crippen molar-refractivity contribution < 1.29 is 19.3 Å². The fourth-order valence-corrected chi connectivity index (χ4v) is 4.80. The highest BCUT2D eigenvalue weighted by molar-refractivity contribution is 6.62. The summed E-state index contributed by atoms with van der Waals surface area (Å²) in [5.41, 5.74) is 4.74. The second kappa shape index (κ2) is 10.5. The van der Waals surface area contributed by atoms with Crippen LogP contribution in [0.3, 0.4) is 0 Å². The van der Waals surface area contributed by atoms with Crippen molar-refractivity contribution >= 4 is 29.8 Å². The van der Waals surface area contributed by atoms with Crippen LogP contribution in [0.15, 0.2) is 89.8 Å². The number of anilines is 3. The van der Waals surface area contributed by atoms with Crippen molar-refractivity contribution in [2.75, 3.05) is 17.2 Å². The van der Waals surface area contributed by atoms with Gasteiger partial charge in [-0.15, -0.1) is 0 Å². The van der Waals surface area contributed by atoms with Crippen LogP contribution < -0.4 is 16.1 Å². The Balaban J connectivity index is 1.36. The summed E-state index contributed by atoms with van der Waals surface area (Å²) >= 11 is 0. The monoisotopic (exact) mass is 534 g/mol. The quantitative estimate of drug-likeness (QED) is 0.216. The molecule has 0 bridgehead atoms. The van der Waals surface area contributed by atoms with E-state index in [1.54, 1.807) is 30.7 Å². The molecule has 3 aromatic heterocycles. The molecule has 0 spiro atoms. The average Bonchev–Trinajstić information content (AvgIpc) is 3.55. The van der Waals surface area contributed by atoms with Crippen LogP contribution in [0.5, 0.6) is 0 Å². The first kappa shape index (κ1) is 25.7. The van der Waals surface area contributed by atoms with Gasteiger partial charge in [0.05, 0.1) is 29.5 Å². The van der Waals surface area contributed by atoms with Crippen molar-refractivity contribution in [2.24, 2.45) is 0 Å². The lowest BCUT2D eigenvalue weighted by molar-refractivity contribution is 0.101. The van der Waals surface area contributed by atoms with Gasteiger partial charge >= 0.3 is 7.12 Å². The SMILES string of the molecule is CC1(C)OB(O)c2ccc(Nc3cc(N[C@H](CO)c4ccccc4)c(-c4nc(-c5ccncc5)no4)cn3)cc21. The Morgan fingerprint density at radius 2 is 1.82 bits per heavy atom. The Morgan fingerprint density at radius 3 is 2.60 bits per heavy atom. The lowest BCUT2D eigenvalue weighted by Crippen LogP contribution is -2.28. The van der Waals surface area contributed by atoms with Gasteiger partial charge in [0, 0.05) is 35.9 Å². The maximum atomic E-state index is 10.2. The van der Waals surface area contributed by atoms with Crippen molar-refractivity contribution in [1.82, 2.24) is 20.1 Å². The van der Waals surface area contributed by atoms with Crippen molar-refractivity contribution in [2.45, 2.75) is 25.5 Å². The number of aromatic nitrogens is 4. The second-order valence-electron chi connectivity index (χ2n) is 9.97. The Hall–Kier alpha value is -4.58. The number of aliphatic hydroxyl groups excluding tert-OH is 1.